The highest BCUT2D eigenvalue weighted by Crippen LogP contribution is 2.21. The molecule has 0 fully saturated rings. The summed E-state index contributed by atoms with van der Waals surface area (Å²) in [5.41, 5.74) is 2.96. The summed E-state index contributed by atoms with van der Waals surface area (Å²) in [6.45, 7) is 6.78. The van der Waals surface area contributed by atoms with Crippen LogP contribution in [0.3, 0.4) is 0 Å². The van der Waals surface area contributed by atoms with E-state index in [1.54, 1.807) is 0 Å². The van der Waals surface area contributed by atoms with E-state index in [2.05, 4.69) is 45.0 Å². The van der Waals surface area contributed by atoms with Crippen LogP contribution in [0.1, 0.15) is 50.7 Å². The molecule has 0 amide bonds. The molecular formula is C13H20. The van der Waals surface area contributed by atoms with Crippen LogP contribution >= 0.6 is 0 Å². The maximum Gasteiger partial charge on any atom is -0.0190 e. The van der Waals surface area contributed by atoms with Gasteiger partial charge in [-0.3, -0.25) is 0 Å². The van der Waals surface area contributed by atoms with E-state index in [9.17, 15) is 0 Å². The third-order valence-electron chi connectivity index (χ3n) is 2.65. The normalized spacial score (nSPS) is 12.8. The van der Waals surface area contributed by atoms with Crippen LogP contribution in [-0.4, -0.2) is 0 Å². The molecule has 1 unspecified atom stereocenters. The molecule has 0 N–H and O–H groups in total. The summed E-state index contributed by atoms with van der Waals surface area (Å²) in [4.78, 5) is 0. The van der Waals surface area contributed by atoms with Crippen molar-refractivity contribution in [3.63, 3.8) is 0 Å². The van der Waals surface area contributed by atoms with Gasteiger partial charge in [-0.15, -0.1) is 0 Å². The minimum atomic E-state index is 0.719. The SMILES string of the molecule is CCCC(C)c1cccc(CC)c1. The molecule has 1 atom stereocenters. The lowest BCUT2D eigenvalue weighted by atomic mass is 9.95. The highest BCUT2D eigenvalue weighted by molar-refractivity contribution is 5.25. The molecule has 0 heteroatoms. The molecule has 1 aromatic carbocycles. The van der Waals surface area contributed by atoms with Gasteiger partial charge >= 0.3 is 0 Å². The molecule has 0 bridgehead atoms. The van der Waals surface area contributed by atoms with Crippen LogP contribution in [0.5, 0.6) is 0 Å². The Bertz CT molecular complexity index is 250. The standard InChI is InChI=1S/C13H20/c1-4-7-11(3)13-9-6-8-12(5-2)10-13/h6,8-11H,4-5,7H2,1-3H3. The lowest BCUT2D eigenvalue weighted by Crippen LogP contribution is -1.93. The first-order valence-electron chi connectivity index (χ1n) is 5.36. The summed E-state index contributed by atoms with van der Waals surface area (Å²) >= 11 is 0. The van der Waals surface area contributed by atoms with Gasteiger partial charge in [0.05, 0.1) is 0 Å². The van der Waals surface area contributed by atoms with E-state index >= 15 is 0 Å². The van der Waals surface area contributed by atoms with Crippen molar-refractivity contribution in [2.24, 2.45) is 0 Å². The molecule has 0 nitrogen and oxygen atoms in total. The van der Waals surface area contributed by atoms with Crippen LogP contribution in [0, 0.1) is 0 Å². The first kappa shape index (κ1) is 10.3. The third-order valence-corrected chi connectivity index (χ3v) is 2.65. The Hall–Kier alpha value is -0.780. The lowest BCUT2D eigenvalue weighted by Gasteiger charge is -2.11. The summed E-state index contributed by atoms with van der Waals surface area (Å²) in [6.07, 6.45) is 3.72. The van der Waals surface area contributed by atoms with Crippen LogP contribution in [0.4, 0.5) is 0 Å². The molecule has 0 aromatic heterocycles. The molecule has 0 saturated carbocycles. The molecule has 72 valence electrons. The second-order valence-electron chi connectivity index (χ2n) is 3.79. The van der Waals surface area contributed by atoms with Gasteiger partial charge in [-0.05, 0) is 29.9 Å². The number of rotatable bonds is 4. The molecule has 0 aliphatic carbocycles. The van der Waals surface area contributed by atoms with E-state index in [0.717, 1.165) is 12.3 Å². The maximum atomic E-state index is 2.35. The van der Waals surface area contributed by atoms with E-state index in [4.69, 9.17) is 0 Å². The van der Waals surface area contributed by atoms with E-state index in [1.165, 1.54) is 24.0 Å². The van der Waals surface area contributed by atoms with Crippen LogP contribution < -0.4 is 0 Å². The van der Waals surface area contributed by atoms with Crippen LogP contribution in [0.25, 0.3) is 0 Å². The molecule has 13 heavy (non-hydrogen) atoms. The van der Waals surface area contributed by atoms with Gasteiger partial charge in [-0.25, -0.2) is 0 Å². The molecular weight excluding hydrogens is 156 g/mol. The number of hydrogen-bond donors (Lipinski definition) is 0. The Kier molecular flexibility index (Phi) is 4.01. The summed E-state index contributed by atoms with van der Waals surface area (Å²) in [7, 11) is 0. The molecule has 0 aliphatic heterocycles. The lowest BCUT2D eigenvalue weighted by molar-refractivity contribution is 0.664. The van der Waals surface area contributed by atoms with Crippen molar-refractivity contribution in [2.75, 3.05) is 0 Å². The fourth-order valence-corrected chi connectivity index (χ4v) is 1.72. The van der Waals surface area contributed by atoms with Gasteiger partial charge < -0.3 is 0 Å². The second-order valence-corrected chi connectivity index (χ2v) is 3.79. The predicted molar refractivity (Wildman–Crippen MR) is 59.1 cm³/mol. The van der Waals surface area contributed by atoms with Crippen LogP contribution in [0.2, 0.25) is 0 Å². The summed E-state index contributed by atoms with van der Waals surface area (Å²) in [6, 6.07) is 8.99. The van der Waals surface area contributed by atoms with E-state index in [0.29, 0.717) is 0 Å². The van der Waals surface area contributed by atoms with Gasteiger partial charge in [0, 0.05) is 0 Å². The second kappa shape index (κ2) is 5.06. The minimum absolute atomic E-state index is 0.719. The monoisotopic (exact) mass is 176 g/mol. The maximum absolute atomic E-state index is 2.35. The van der Waals surface area contributed by atoms with Crippen LogP contribution in [-0.2, 0) is 6.42 Å². The summed E-state index contributed by atoms with van der Waals surface area (Å²) < 4.78 is 0. The zero-order valence-electron chi connectivity index (χ0n) is 9.01. The number of benzene rings is 1. The average Bonchev–Trinajstić information content (AvgIpc) is 2.18. The van der Waals surface area contributed by atoms with Crippen molar-refractivity contribution in [3.05, 3.63) is 35.4 Å². The molecule has 1 rings (SSSR count). The topological polar surface area (TPSA) is 0 Å². The highest BCUT2D eigenvalue weighted by Gasteiger charge is 2.03. The zero-order valence-corrected chi connectivity index (χ0v) is 9.01. The van der Waals surface area contributed by atoms with Crippen molar-refractivity contribution in [1.82, 2.24) is 0 Å². The van der Waals surface area contributed by atoms with E-state index in [1.807, 2.05) is 0 Å². The van der Waals surface area contributed by atoms with Gasteiger partial charge in [-0.1, -0.05) is 51.5 Å². The summed E-state index contributed by atoms with van der Waals surface area (Å²) in [5.74, 6) is 0.719. The molecule has 0 radical (unpaired) electrons. The largest absolute Gasteiger partial charge is 0.0654 e. The Morgan fingerprint density at radius 2 is 2.00 bits per heavy atom. The van der Waals surface area contributed by atoms with Gasteiger partial charge in [-0.2, -0.15) is 0 Å². The fourth-order valence-electron chi connectivity index (χ4n) is 1.72. The van der Waals surface area contributed by atoms with E-state index in [-0.39, 0.29) is 0 Å². The predicted octanol–water partition coefficient (Wildman–Crippen LogP) is 4.15. The van der Waals surface area contributed by atoms with Gasteiger partial charge in [0.1, 0.15) is 0 Å². The molecule has 0 heterocycles. The Balaban J connectivity index is 2.75. The molecule has 1 aromatic rings. The molecule has 0 spiro atoms. The highest BCUT2D eigenvalue weighted by atomic mass is 14.1. The van der Waals surface area contributed by atoms with Gasteiger partial charge in [0.15, 0.2) is 0 Å². The smallest absolute Gasteiger partial charge is 0.0190 e. The van der Waals surface area contributed by atoms with Crippen molar-refractivity contribution in [1.29, 1.82) is 0 Å². The zero-order chi connectivity index (χ0) is 9.68. The van der Waals surface area contributed by atoms with Gasteiger partial charge in [0.25, 0.3) is 0 Å². The first-order chi connectivity index (χ1) is 6.27. The summed E-state index contributed by atoms with van der Waals surface area (Å²) in [5, 5.41) is 0. The third kappa shape index (κ3) is 2.87. The Morgan fingerprint density at radius 3 is 2.62 bits per heavy atom. The molecule has 0 aliphatic rings. The molecule has 0 saturated heterocycles. The Morgan fingerprint density at radius 1 is 1.23 bits per heavy atom. The van der Waals surface area contributed by atoms with E-state index < -0.39 is 0 Å². The number of aryl methyl sites for hydroxylation is 1. The van der Waals surface area contributed by atoms with Crippen molar-refractivity contribution in [2.45, 2.75) is 46.0 Å². The first-order valence-corrected chi connectivity index (χ1v) is 5.36. The fraction of sp³-hybridized carbons (Fsp3) is 0.538. The van der Waals surface area contributed by atoms with Crippen molar-refractivity contribution in [3.8, 4) is 0 Å². The van der Waals surface area contributed by atoms with Crippen molar-refractivity contribution < 1.29 is 0 Å². The Labute approximate surface area is 82.0 Å². The van der Waals surface area contributed by atoms with Crippen molar-refractivity contribution >= 4 is 0 Å². The minimum Gasteiger partial charge on any atom is -0.0654 e. The number of hydrogen-bond acceptors (Lipinski definition) is 0. The quantitative estimate of drug-likeness (QED) is 0.646. The van der Waals surface area contributed by atoms with Gasteiger partial charge in [0.2, 0.25) is 0 Å². The average molecular weight is 176 g/mol. The van der Waals surface area contributed by atoms with Crippen LogP contribution in [0.15, 0.2) is 24.3 Å².